The quantitative estimate of drug-likeness (QED) is 0.803. The van der Waals surface area contributed by atoms with E-state index < -0.39 is 0 Å². The van der Waals surface area contributed by atoms with Crippen LogP contribution in [-0.2, 0) is 11.2 Å². The fraction of sp³-hybridized carbons (Fsp3) is 0.625. The van der Waals surface area contributed by atoms with E-state index in [1.165, 1.54) is 5.56 Å². The fourth-order valence-electron chi connectivity index (χ4n) is 2.77. The lowest BCUT2D eigenvalue weighted by Crippen LogP contribution is -2.36. The molecule has 1 aromatic carbocycles. The molecule has 0 atom stereocenters. The van der Waals surface area contributed by atoms with E-state index in [1.54, 1.807) is 0 Å². The fourth-order valence-corrected chi connectivity index (χ4v) is 2.77. The second kappa shape index (κ2) is 7.00. The topological polar surface area (TPSA) is 40.2 Å². The van der Waals surface area contributed by atoms with Crippen LogP contribution >= 0.6 is 0 Å². The van der Waals surface area contributed by atoms with E-state index in [9.17, 15) is 0 Å². The van der Waals surface area contributed by atoms with Crippen LogP contribution in [0.2, 0.25) is 0 Å². The van der Waals surface area contributed by atoms with E-state index in [2.05, 4.69) is 11.0 Å². The molecule has 1 aromatic rings. The second-order valence-electron chi connectivity index (χ2n) is 5.30. The average molecular weight is 293 g/mol. The number of benzene rings is 1. The molecular weight excluding hydrogens is 270 g/mol. The third-order valence-corrected chi connectivity index (χ3v) is 3.88. The van der Waals surface area contributed by atoms with Crippen LogP contribution in [-0.4, -0.2) is 51.1 Å². The molecule has 1 fully saturated rings. The Hall–Kier alpha value is -1.46. The summed E-state index contributed by atoms with van der Waals surface area (Å²) in [4.78, 5) is 2.46. The third kappa shape index (κ3) is 3.60. The molecule has 3 rings (SSSR count). The van der Waals surface area contributed by atoms with Crippen molar-refractivity contribution in [1.82, 2.24) is 4.90 Å². The van der Waals surface area contributed by atoms with Gasteiger partial charge in [-0.15, -0.1) is 0 Å². The largest absolute Gasteiger partial charge is 0.493 e. The minimum Gasteiger partial charge on any atom is -0.493 e. The van der Waals surface area contributed by atoms with E-state index in [-0.39, 0.29) is 0 Å². The van der Waals surface area contributed by atoms with Gasteiger partial charge in [0.15, 0.2) is 11.5 Å². The molecule has 21 heavy (non-hydrogen) atoms. The Bertz CT molecular complexity index is 472. The van der Waals surface area contributed by atoms with Crippen LogP contribution in [0.25, 0.3) is 0 Å². The van der Waals surface area contributed by atoms with Gasteiger partial charge >= 0.3 is 0 Å². The van der Waals surface area contributed by atoms with Crippen molar-refractivity contribution in [3.05, 3.63) is 17.7 Å². The maximum Gasteiger partial charge on any atom is 0.231 e. The molecule has 0 bridgehead atoms. The molecule has 0 amide bonds. The van der Waals surface area contributed by atoms with Crippen LogP contribution in [0, 0.1) is 0 Å². The van der Waals surface area contributed by atoms with E-state index in [0.717, 1.165) is 62.9 Å². The Balaban J connectivity index is 1.60. The SMILES string of the molecule is CCOc1cc2c(cc1CCCN1CCOCC1)OCO2. The second-order valence-corrected chi connectivity index (χ2v) is 5.30. The van der Waals surface area contributed by atoms with Crippen LogP contribution in [0.4, 0.5) is 0 Å². The Morgan fingerprint density at radius 1 is 1.14 bits per heavy atom. The zero-order valence-electron chi connectivity index (χ0n) is 12.6. The van der Waals surface area contributed by atoms with Gasteiger partial charge in [0.25, 0.3) is 0 Å². The average Bonchev–Trinajstić information content (AvgIpc) is 2.96. The van der Waals surface area contributed by atoms with Crippen LogP contribution < -0.4 is 14.2 Å². The summed E-state index contributed by atoms with van der Waals surface area (Å²) in [6.07, 6.45) is 2.10. The van der Waals surface area contributed by atoms with Gasteiger partial charge in [-0.05, 0) is 37.9 Å². The van der Waals surface area contributed by atoms with Gasteiger partial charge in [-0.2, -0.15) is 0 Å². The molecule has 0 spiro atoms. The summed E-state index contributed by atoms with van der Waals surface area (Å²) in [6, 6.07) is 4.02. The first kappa shape index (κ1) is 14.5. The summed E-state index contributed by atoms with van der Waals surface area (Å²) in [5.74, 6) is 2.54. The van der Waals surface area contributed by atoms with Gasteiger partial charge in [-0.3, -0.25) is 4.90 Å². The van der Waals surface area contributed by atoms with Crippen LogP contribution in [0.1, 0.15) is 18.9 Å². The molecular formula is C16H23NO4. The highest BCUT2D eigenvalue weighted by Crippen LogP contribution is 2.38. The first-order valence-corrected chi connectivity index (χ1v) is 7.72. The Labute approximate surface area is 125 Å². The van der Waals surface area contributed by atoms with Crippen molar-refractivity contribution in [2.24, 2.45) is 0 Å². The van der Waals surface area contributed by atoms with Crippen molar-refractivity contribution in [2.45, 2.75) is 19.8 Å². The van der Waals surface area contributed by atoms with E-state index in [4.69, 9.17) is 18.9 Å². The maximum atomic E-state index is 5.74. The van der Waals surface area contributed by atoms with E-state index in [1.807, 2.05) is 13.0 Å². The number of fused-ring (bicyclic) bond motifs is 1. The van der Waals surface area contributed by atoms with Crippen molar-refractivity contribution in [3.8, 4) is 17.2 Å². The first-order chi connectivity index (χ1) is 10.4. The lowest BCUT2D eigenvalue weighted by atomic mass is 10.1. The van der Waals surface area contributed by atoms with Gasteiger partial charge in [-0.25, -0.2) is 0 Å². The van der Waals surface area contributed by atoms with Gasteiger partial charge in [0, 0.05) is 19.2 Å². The van der Waals surface area contributed by atoms with Crippen molar-refractivity contribution in [2.75, 3.05) is 46.2 Å². The summed E-state index contributed by atoms with van der Waals surface area (Å²) < 4.78 is 22.0. The van der Waals surface area contributed by atoms with Gasteiger partial charge in [0.2, 0.25) is 6.79 Å². The molecule has 0 radical (unpaired) electrons. The van der Waals surface area contributed by atoms with Crippen LogP contribution in [0.15, 0.2) is 12.1 Å². The number of rotatable bonds is 6. The highest BCUT2D eigenvalue weighted by molar-refractivity contribution is 5.51. The normalized spacial score (nSPS) is 18.0. The smallest absolute Gasteiger partial charge is 0.231 e. The highest BCUT2D eigenvalue weighted by atomic mass is 16.7. The van der Waals surface area contributed by atoms with Crippen LogP contribution in [0.5, 0.6) is 17.2 Å². The minimum absolute atomic E-state index is 0.304. The maximum absolute atomic E-state index is 5.74. The summed E-state index contributed by atoms with van der Waals surface area (Å²) in [5.41, 5.74) is 1.20. The Kier molecular flexibility index (Phi) is 4.83. The van der Waals surface area contributed by atoms with Crippen molar-refractivity contribution < 1.29 is 18.9 Å². The number of morpholine rings is 1. The highest BCUT2D eigenvalue weighted by Gasteiger charge is 2.18. The molecule has 1 saturated heterocycles. The molecule has 5 heteroatoms. The Morgan fingerprint density at radius 2 is 1.90 bits per heavy atom. The number of nitrogens with zero attached hydrogens (tertiary/aromatic N) is 1. The predicted molar refractivity (Wildman–Crippen MR) is 79.3 cm³/mol. The van der Waals surface area contributed by atoms with Crippen molar-refractivity contribution >= 4 is 0 Å². The number of aryl methyl sites for hydroxylation is 1. The number of ether oxygens (including phenoxy) is 4. The van der Waals surface area contributed by atoms with E-state index in [0.29, 0.717) is 13.4 Å². The van der Waals surface area contributed by atoms with E-state index >= 15 is 0 Å². The summed E-state index contributed by atoms with van der Waals surface area (Å²) >= 11 is 0. The monoisotopic (exact) mass is 293 g/mol. The zero-order chi connectivity index (χ0) is 14.5. The van der Waals surface area contributed by atoms with Crippen molar-refractivity contribution in [3.63, 3.8) is 0 Å². The molecule has 5 nitrogen and oxygen atoms in total. The molecule has 0 saturated carbocycles. The molecule has 116 valence electrons. The van der Waals surface area contributed by atoms with Gasteiger partial charge in [0.05, 0.1) is 19.8 Å². The predicted octanol–water partition coefficient (Wildman–Crippen LogP) is 2.08. The molecule has 0 aromatic heterocycles. The lowest BCUT2D eigenvalue weighted by Gasteiger charge is -2.26. The molecule has 2 aliphatic heterocycles. The standard InChI is InChI=1S/C16H23NO4/c1-2-19-14-11-16-15(20-12-21-16)10-13(14)4-3-5-17-6-8-18-9-7-17/h10-11H,2-9,12H2,1H3. The molecule has 2 aliphatic rings. The summed E-state index contributed by atoms with van der Waals surface area (Å²) in [7, 11) is 0. The molecule has 0 unspecified atom stereocenters. The summed E-state index contributed by atoms with van der Waals surface area (Å²) in [6.45, 7) is 7.86. The molecule has 0 N–H and O–H groups in total. The minimum atomic E-state index is 0.304. The number of hydrogen-bond donors (Lipinski definition) is 0. The summed E-state index contributed by atoms with van der Waals surface area (Å²) in [5, 5.41) is 0. The first-order valence-electron chi connectivity index (χ1n) is 7.72. The molecule has 0 aliphatic carbocycles. The third-order valence-electron chi connectivity index (χ3n) is 3.88. The Morgan fingerprint density at radius 3 is 2.67 bits per heavy atom. The number of hydrogen-bond acceptors (Lipinski definition) is 5. The van der Waals surface area contributed by atoms with Gasteiger partial charge in [-0.1, -0.05) is 0 Å². The van der Waals surface area contributed by atoms with Gasteiger partial charge < -0.3 is 18.9 Å². The lowest BCUT2D eigenvalue weighted by molar-refractivity contribution is 0.0374. The zero-order valence-corrected chi connectivity index (χ0v) is 12.6. The van der Waals surface area contributed by atoms with Crippen molar-refractivity contribution in [1.29, 1.82) is 0 Å². The van der Waals surface area contributed by atoms with Crippen LogP contribution in [0.3, 0.4) is 0 Å². The molecule has 2 heterocycles. The van der Waals surface area contributed by atoms with Gasteiger partial charge in [0.1, 0.15) is 5.75 Å².